The van der Waals surface area contributed by atoms with Crippen LogP contribution in [0.5, 0.6) is 0 Å². The van der Waals surface area contributed by atoms with Crippen LogP contribution >= 0.6 is 0 Å². The Morgan fingerprint density at radius 2 is 1.89 bits per heavy atom. The number of hydrogen-bond acceptors (Lipinski definition) is 5. The number of imidazole rings is 1. The molecular weight excluding hydrogens is 354 g/mol. The molecule has 0 fully saturated rings. The molecule has 4 rings (SSSR count). The average Bonchev–Trinajstić information content (AvgIpc) is 3.16. The summed E-state index contributed by atoms with van der Waals surface area (Å²) >= 11 is 0. The molecule has 8 heteroatoms. The van der Waals surface area contributed by atoms with Gasteiger partial charge in [0.1, 0.15) is 11.5 Å². The van der Waals surface area contributed by atoms with Crippen molar-refractivity contribution >= 4 is 0 Å². The predicted molar refractivity (Wildman–Crippen MR) is 94.1 cm³/mol. The number of hydrogen-bond donors (Lipinski definition) is 0. The van der Waals surface area contributed by atoms with Gasteiger partial charge < -0.3 is 13.7 Å². The number of rotatable bonds is 2. The topological polar surface area (TPSA) is 66.0 Å². The Labute approximate surface area is 155 Å². The molecule has 27 heavy (non-hydrogen) atoms. The Hall–Kier alpha value is -2.61. The van der Waals surface area contributed by atoms with Crippen molar-refractivity contribution in [3.63, 3.8) is 0 Å². The van der Waals surface area contributed by atoms with Crippen LogP contribution in [0.3, 0.4) is 0 Å². The van der Waals surface area contributed by atoms with E-state index in [1.54, 1.807) is 0 Å². The van der Waals surface area contributed by atoms with E-state index < -0.39 is 11.6 Å². The number of halogens is 2. The first kappa shape index (κ1) is 17.8. The van der Waals surface area contributed by atoms with Gasteiger partial charge in [0.15, 0.2) is 11.6 Å². The first-order chi connectivity index (χ1) is 12.8. The summed E-state index contributed by atoms with van der Waals surface area (Å²) in [7, 11) is 0. The highest BCUT2D eigenvalue weighted by atomic mass is 19.2. The van der Waals surface area contributed by atoms with Gasteiger partial charge in [-0.2, -0.15) is 0 Å². The van der Waals surface area contributed by atoms with Crippen LogP contribution in [0.2, 0.25) is 0 Å². The lowest BCUT2D eigenvalue weighted by atomic mass is 9.97. The number of benzene rings is 1. The summed E-state index contributed by atoms with van der Waals surface area (Å²) < 4.78 is 40.5. The van der Waals surface area contributed by atoms with Gasteiger partial charge in [-0.05, 0) is 18.2 Å². The van der Waals surface area contributed by atoms with Gasteiger partial charge in [-0.3, -0.25) is 0 Å². The summed E-state index contributed by atoms with van der Waals surface area (Å²) in [4.78, 5) is 4.66. The highest BCUT2D eigenvalue weighted by Crippen LogP contribution is 2.32. The zero-order valence-corrected chi connectivity index (χ0v) is 15.4. The third kappa shape index (κ3) is 3.25. The van der Waals surface area contributed by atoms with E-state index in [4.69, 9.17) is 9.15 Å². The zero-order valence-electron chi connectivity index (χ0n) is 15.4. The van der Waals surface area contributed by atoms with Gasteiger partial charge in [0.2, 0.25) is 5.89 Å². The molecule has 6 nitrogen and oxygen atoms in total. The molecule has 3 aromatic rings. The van der Waals surface area contributed by atoms with Crippen molar-refractivity contribution in [2.75, 3.05) is 13.2 Å². The maximum atomic E-state index is 13.8. The van der Waals surface area contributed by atoms with Crippen LogP contribution in [0.15, 0.2) is 22.6 Å². The molecule has 3 heterocycles. The van der Waals surface area contributed by atoms with Gasteiger partial charge in [-0.1, -0.05) is 20.8 Å². The molecule has 0 N–H and O–H groups in total. The summed E-state index contributed by atoms with van der Waals surface area (Å²) in [6.45, 7) is 7.55. The summed E-state index contributed by atoms with van der Waals surface area (Å²) in [5.74, 6) is -0.446. The van der Waals surface area contributed by atoms with Crippen molar-refractivity contribution < 1.29 is 17.9 Å². The summed E-state index contributed by atoms with van der Waals surface area (Å²) in [6.07, 6.45) is 0.610. The minimum Gasteiger partial charge on any atom is -0.419 e. The lowest BCUT2D eigenvalue weighted by molar-refractivity contribution is 0.140. The Kier molecular flexibility index (Phi) is 4.30. The van der Waals surface area contributed by atoms with Crippen LogP contribution in [0.1, 0.15) is 32.4 Å². The standard InChI is InChI=1S/C19H20F2N4O2/c1-19(2,3)18-24-23-17(27-18)15-14-6-8-26-9-7-25(14)16(22-15)11-4-5-12(20)13(21)10-11/h4-5,10H,6-9H2,1-3H3. The molecule has 142 valence electrons. The van der Waals surface area contributed by atoms with E-state index in [2.05, 4.69) is 15.2 Å². The Bertz CT molecular complexity index is 988. The van der Waals surface area contributed by atoms with Crippen molar-refractivity contribution in [2.24, 2.45) is 0 Å². The van der Waals surface area contributed by atoms with E-state index in [1.165, 1.54) is 6.07 Å². The Morgan fingerprint density at radius 3 is 2.59 bits per heavy atom. The minimum atomic E-state index is -0.913. The molecule has 0 unspecified atom stereocenters. The molecule has 1 aliphatic rings. The molecule has 1 aliphatic heterocycles. The van der Waals surface area contributed by atoms with E-state index in [1.807, 2.05) is 25.3 Å². The highest BCUT2D eigenvalue weighted by Gasteiger charge is 2.27. The van der Waals surface area contributed by atoms with Gasteiger partial charge >= 0.3 is 0 Å². The highest BCUT2D eigenvalue weighted by molar-refractivity contribution is 5.64. The second kappa shape index (κ2) is 6.53. The van der Waals surface area contributed by atoms with E-state index in [0.29, 0.717) is 55.0 Å². The molecule has 0 atom stereocenters. The van der Waals surface area contributed by atoms with Gasteiger partial charge in [-0.25, -0.2) is 13.8 Å². The van der Waals surface area contributed by atoms with Gasteiger partial charge in [-0.15, -0.1) is 10.2 Å². The van der Waals surface area contributed by atoms with Gasteiger partial charge in [0.05, 0.1) is 18.9 Å². The molecule has 0 radical (unpaired) electrons. The number of nitrogens with zero attached hydrogens (tertiary/aromatic N) is 4. The van der Waals surface area contributed by atoms with Gasteiger partial charge in [0, 0.05) is 23.9 Å². The molecular formula is C19H20F2N4O2. The average molecular weight is 374 g/mol. The summed E-state index contributed by atoms with van der Waals surface area (Å²) in [6, 6.07) is 3.76. The normalized spacial score (nSPS) is 14.9. The lowest BCUT2D eigenvalue weighted by Gasteiger charge is -2.10. The fourth-order valence-corrected chi connectivity index (χ4v) is 3.06. The third-order valence-electron chi connectivity index (χ3n) is 4.46. The predicted octanol–water partition coefficient (Wildman–Crippen LogP) is 3.75. The van der Waals surface area contributed by atoms with Crippen LogP contribution < -0.4 is 0 Å². The maximum absolute atomic E-state index is 13.8. The van der Waals surface area contributed by atoms with Gasteiger partial charge in [0.25, 0.3) is 5.89 Å². The molecule has 0 bridgehead atoms. The largest absolute Gasteiger partial charge is 0.419 e. The smallest absolute Gasteiger partial charge is 0.268 e. The van der Waals surface area contributed by atoms with E-state index in [-0.39, 0.29) is 5.41 Å². The SMILES string of the molecule is CC(C)(C)c1nnc(-c2nc(-c3ccc(F)c(F)c3)n3c2CCOCC3)o1. The van der Waals surface area contributed by atoms with Crippen molar-refractivity contribution in [3.8, 4) is 23.0 Å². The quantitative estimate of drug-likeness (QED) is 0.684. The molecule has 1 aromatic carbocycles. The van der Waals surface area contributed by atoms with Crippen molar-refractivity contribution in [2.45, 2.75) is 39.2 Å². The number of fused-ring (bicyclic) bond motifs is 1. The number of aromatic nitrogens is 4. The fraction of sp³-hybridized carbons (Fsp3) is 0.421. The second-order valence-electron chi connectivity index (χ2n) is 7.54. The first-order valence-corrected chi connectivity index (χ1v) is 8.81. The second-order valence-corrected chi connectivity index (χ2v) is 7.54. The molecule has 0 spiro atoms. The third-order valence-corrected chi connectivity index (χ3v) is 4.46. The Balaban J connectivity index is 1.86. The van der Waals surface area contributed by atoms with E-state index in [9.17, 15) is 8.78 Å². The molecule has 0 saturated carbocycles. The van der Waals surface area contributed by atoms with Crippen LogP contribution in [-0.2, 0) is 23.1 Å². The Morgan fingerprint density at radius 1 is 1.07 bits per heavy atom. The molecule has 2 aromatic heterocycles. The van der Waals surface area contributed by atoms with Crippen LogP contribution in [0.25, 0.3) is 23.0 Å². The van der Waals surface area contributed by atoms with Crippen molar-refractivity contribution in [1.29, 1.82) is 0 Å². The van der Waals surface area contributed by atoms with Crippen LogP contribution in [0, 0.1) is 11.6 Å². The van der Waals surface area contributed by atoms with Crippen molar-refractivity contribution in [1.82, 2.24) is 19.7 Å². The lowest BCUT2D eigenvalue weighted by Crippen LogP contribution is -2.11. The zero-order chi connectivity index (χ0) is 19.2. The van der Waals surface area contributed by atoms with Crippen molar-refractivity contribution in [3.05, 3.63) is 41.4 Å². The molecule has 0 saturated heterocycles. The maximum Gasteiger partial charge on any atom is 0.268 e. The monoisotopic (exact) mass is 374 g/mol. The van der Waals surface area contributed by atoms with E-state index in [0.717, 1.165) is 17.8 Å². The van der Waals surface area contributed by atoms with Crippen LogP contribution in [0.4, 0.5) is 8.78 Å². The fourth-order valence-electron chi connectivity index (χ4n) is 3.06. The van der Waals surface area contributed by atoms with Crippen LogP contribution in [-0.4, -0.2) is 33.0 Å². The molecule has 0 aliphatic carbocycles. The minimum absolute atomic E-state index is 0.284. The first-order valence-electron chi connectivity index (χ1n) is 8.81. The van der Waals surface area contributed by atoms with E-state index >= 15 is 0 Å². The number of ether oxygens (including phenoxy) is 1. The summed E-state index contributed by atoms with van der Waals surface area (Å²) in [5.41, 5.74) is 1.65. The summed E-state index contributed by atoms with van der Waals surface area (Å²) in [5, 5.41) is 8.30. The molecule has 0 amide bonds.